The Hall–Kier alpha value is -1.31. The van der Waals surface area contributed by atoms with Crippen LogP contribution < -0.4 is 5.32 Å². The molecule has 1 aromatic carbocycles. The van der Waals surface area contributed by atoms with Crippen LogP contribution in [0.3, 0.4) is 0 Å². The molecule has 2 heteroatoms. The van der Waals surface area contributed by atoms with E-state index in [-0.39, 0.29) is 11.4 Å². The van der Waals surface area contributed by atoms with Gasteiger partial charge in [0.15, 0.2) is 0 Å². The zero-order valence-electron chi connectivity index (χ0n) is 10.4. The van der Waals surface area contributed by atoms with E-state index in [1.165, 1.54) is 5.56 Å². The molecule has 0 aromatic heterocycles. The zero-order valence-corrected chi connectivity index (χ0v) is 10.4. The molecule has 1 aromatic rings. The van der Waals surface area contributed by atoms with E-state index in [2.05, 4.69) is 17.4 Å². The maximum Gasteiger partial charge on any atom is 0.220 e. The Kier molecular flexibility index (Phi) is 4.53. The van der Waals surface area contributed by atoms with Crippen molar-refractivity contribution >= 4 is 5.91 Å². The van der Waals surface area contributed by atoms with Crippen LogP contribution >= 0.6 is 0 Å². The number of rotatable bonds is 4. The standard InChI is InChI=1S/C14H21NO/c1-14(2,3)15-13(16)11-7-10-12-8-5-4-6-9-12/h4-6,8-9H,7,10-11H2,1-3H3,(H,15,16). The van der Waals surface area contributed by atoms with Crippen LogP contribution in [0.25, 0.3) is 0 Å². The highest BCUT2D eigenvalue weighted by molar-refractivity contribution is 5.76. The molecular weight excluding hydrogens is 198 g/mol. The molecule has 0 saturated carbocycles. The summed E-state index contributed by atoms with van der Waals surface area (Å²) < 4.78 is 0. The molecule has 0 atom stereocenters. The van der Waals surface area contributed by atoms with Crippen LogP contribution in [0.2, 0.25) is 0 Å². The summed E-state index contributed by atoms with van der Waals surface area (Å²) in [4.78, 5) is 11.5. The molecule has 1 N–H and O–H groups in total. The van der Waals surface area contributed by atoms with Gasteiger partial charge in [-0.25, -0.2) is 0 Å². The molecule has 0 spiro atoms. The maximum atomic E-state index is 11.5. The second-order valence-corrected chi connectivity index (χ2v) is 5.14. The summed E-state index contributed by atoms with van der Waals surface area (Å²) in [5.41, 5.74) is 1.18. The predicted octanol–water partition coefficient (Wildman–Crippen LogP) is 2.92. The Morgan fingerprint density at radius 3 is 2.38 bits per heavy atom. The van der Waals surface area contributed by atoms with Crippen LogP contribution in [0, 0.1) is 0 Å². The molecule has 0 aliphatic heterocycles. The van der Waals surface area contributed by atoms with Crippen LogP contribution in [0.4, 0.5) is 0 Å². The van der Waals surface area contributed by atoms with E-state index in [4.69, 9.17) is 0 Å². The zero-order chi connectivity index (χ0) is 12.0. The van der Waals surface area contributed by atoms with E-state index < -0.39 is 0 Å². The van der Waals surface area contributed by atoms with Gasteiger partial charge in [0.1, 0.15) is 0 Å². The van der Waals surface area contributed by atoms with Crippen LogP contribution in [0.15, 0.2) is 30.3 Å². The third kappa shape index (κ3) is 5.54. The second-order valence-electron chi connectivity index (χ2n) is 5.14. The van der Waals surface area contributed by atoms with E-state index >= 15 is 0 Å². The monoisotopic (exact) mass is 219 g/mol. The number of carbonyl (C=O) groups is 1. The predicted molar refractivity (Wildman–Crippen MR) is 67.3 cm³/mol. The quantitative estimate of drug-likeness (QED) is 0.829. The van der Waals surface area contributed by atoms with Gasteiger partial charge in [0.25, 0.3) is 0 Å². The van der Waals surface area contributed by atoms with Crippen molar-refractivity contribution in [2.45, 2.75) is 45.6 Å². The van der Waals surface area contributed by atoms with Gasteiger partial charge >= 0.3 is 0 Å². The number of benzene rings is 1. The van der Waals surface area contributed by atoms with Crippen LogP contribution in [-0.4, -0.2) is 11.4 Å². The Bertz CT molecular complexity index is 324. The van der Waals surface area contributed by atoms with Gasteiger partial charge in [0, 0.05) is 12.0 Å². The topological polar surface area (TPSA) is 29.1 Å². The molecule has 0 heterocycles. The van der Waals surface area contributed by atoms with Gasteiger partial charge in [-0.15, -0.1) is 0 Å². The van der Waals surface area contributed by atoms with Gasteiger partial charge in [0.05, 0.1) is 0 Å². The first-order valence-electron chi connectivity index (χ1n) is 5.82. The number of hydrogen-bond donors (Lipinski definition) is 1. The number of carbonyl (C=O) groups excluding carboxylic acids is 1. The Morgan fingerprint density at radius 2 is 1.81 bits per heavy atom. The fraction of sp³-hybridized carbons (Fsp3) is 0.500. The molecule has 0 aliphatic carbocycles. The van der Waals surface area contributed by atoms with Crippen LogP contribution in [0.1, 0.15) is 39.2 Å². The highest BCUT2D eigenvalue weighted by Gasteiger charge is 2.12. The first kappa shape index (κ1) is 12.8. The SMILES string of the molecule is CC(C)(C)NC(=O)CCCc1ccccc1. The summed E-state index contributed by atoms with van der Waals surface area (Å²) in [6.45, 7) is 6.01. The first-order chi connectivity index (χ1) is 7.47. The van der Waals surface area contributed by atoms with Gasteiger partial charge in [0.2, 0.25) is 5.91 Å². The summed E-state index contributed by atoms with van der Waals surface area (Å²) in [6.07, 6.45) is 2.48. The minimum absolute atomic E-state index is 0.121. The number of hydrogen-bond acceptors (Lipinski definition) is 1. The van der Waals surface area contributed by atoms with Gasteiger partial charge in [-0.1, -0.05) is 30.3 Å². The molecule has 0 radical (unpaired) electrons. The number of nitrogens with one attached hydrogen (secondary N) is 1. The molecule has 1 rings (SSSR count). The minimum Gasteiger partial charge on any atom is -0.352 e. The average Bonchev–Trinajstić information content (AvgIpc) is 2.16. The van der Waals surface area contributed by atoms with Gasteiger partial charge in [-0.05, 0) is 39.2 Å². The molecule has 0 fully saturated rings. The molecule has 16 heavy (non-hydrogen) atoms. The largest absolute Gasteiger partial charge is 0.352 e. The third-order valence-corrected chi connectivity index (χ3v) is 2.23. The third-order valence-electron chi connectivity index (χ3n) is 2.23. The molecule has 88 valence electrons. The summed E-state index contributed by atoms with van der Waals surface area (Å²) in [7, 11) is 0. The normalized spacial score (nSPS) is 11.2. The lowest BCUT2D eigenvalue weighted by Crippen LogP contribution is -2.40. The number of amides is 1. The van der Waals surface area contributed by atoms with E-state index in [1.54, 1.807) is 0 Å². The highest BCUT2D eigenvalue weighted by Crippen LogP contribution is 2.05. The van der Waals surface area contributed by atoms with Crippen molar-refractivity contribution in [2.24, 2.45) is 0 Å². The van der Waals surface area contributed by atoms with Crippen molar-refractivity contribution < 1.29 is 4.79 Å². The van der Waals surface area contributed by atoms with Crippen LogP contribution in [0.5, 0.6) is 0 Å². The molecule has 1 amide bonds. The van der Waals surface area contributed by atoms with E-state index in [0.29, 0.717) is 6.42 Å². The van der Waals surface area contributed by atoms with Crippen molar-refractivity contribution in [1.82, 2.24) is 5.32 Å². The Morgan fingerprint density at radius 1 is 1.19 bits per heavy atom. The van der Waals surface area contributed by atoms with Gasteiger partial charge in [-0.2, -0.15) is 0 Å². The summed E-state index contributed by atoms with van der Waals surface area (Å²) >= 11 is 0. The minimum atomic E-state index is -0.121. The van der Waals surface area contributed by atoms with Crippen molar-refractivity contribution in [3.05, 3.63) is 35.9 Å². The summed E-state index contributed by atoms with van der Waals surface area (Å²) in [5, 5.41) is 2.97. The smallest absolute Gasteiger partial charge is 0.220 e. The van der Waals surface area contributed by atoms with Crippen molar-refractivity contribution in [1.29, 1.82) is 0 Å². The summed E-state index contributed by atoms with van der Waals surface area (Å²) in [6, 6.07) is 10.3. The fourth-order valence-corrected chi connectivity index (χ4v) is 1.58. The van der Waals surface area contributed by atoms with Crippen molar-refractivity contribution in [2.75, 3.05) is 0 Å². The second kappa shape index (κ2) is 5.69. The van der Waals surface area contributed by atoms with Gasteiger partial charge < -0.3 is 5.32 Å². The summed E-state index contributed by atoms with van der Waals surface area (Å²) in [5.74, 6) is 0.142. The van der Waals surface area contributed by atoms with E-state index in [0.717, 1.165) is 12.8 Å². The van der Waals surface area contributed by atoms with Crippen molar-refractivity contribution in [3.63, 3.8) is 0 Å². The average molecular weight is 219 g/mol. The van der Waals surface area contributed by atoms with Crippen molar-refractivity contribution in [3.8, 4) is 0 Å². The molecule has 2 nitrogen and oxygen atoms in total. The lowest BCUT2D eigenvalue weighted by Gasteiger charge is -2.20. The Balaban J connectivity index is 2.24. The Labute approximate surface area is 98.1 Å². The molecule has 0 aliphatic rings. The number of aryl methyl sites for hydroxylation is 1. The molecule has 0 bridgehead atoms. The lowest BCUT2D eigenvalue weighted by molar-refractivity contribution is -0.122. The van der Waals surface area contributed by atoms with E-state index in [1.807, 2.05) is 39.0 Å². The van der Waals surface area contributed by atoms with E-state index in [9.17, 15) is 4.79 Å². The molecular formula is C14H21NO. The maximum absolute atomic E-state index is 11.5. The fourth-order valence-electron chi connectivity index (χ4n) is 1.58. The first-order valence-corrected chi connectivity index (χ1v) is 5.82. The highest BCUT2D eigenvalue weighted by atomic mass is 16.1. The van der Waals surface area contributed by atoms with Crippen LogP contribution in [-0.2, 0) is 11.2 Å². The molecule has 0 saturated heterocycles. The molecule has 0 unspecified atom stereocenters. The lowest BCUT2D eigenvalue weighted by atomic mass is 10.1. The van der Waals surface area contributed by atoms with Gasteiger partial charge in [-0.3, -0.25) is 4.79 Å².